The normalized spacial score (nSPS) is 11.7. The van der Waals surface area contributed by atoms with Crippen molar-refractivity contribution in [3.8, 4) is 62.1 Å². The maximum absolute atomic E-state index is 5.00. The van der Waals surface area contributed by atoms with Crippen LogP contribution in [0, 0.1) is 0 Å². The molecule has 0 saturated carbocycles. The predicted molar refractivity (Wildman–Crippen MR) is 218 cm³/mol. The standard InChI is InChI=1S/C48H37N5/c1-48(2,3)39-25-27-44-42(30-39)41-29-37(24-26-43(41)53(44)40-14-8-5-9-15-40)32-16-20-35(21-17-32)46-50-45(34-11-6-4-7-12-34)51-47(52-46)36-22-18-33(19-23-36)38-13-10-28-49-31-38/h4-31H,1-3H3. The van der Waals surface area contributed by atoms with Crippen LogP contribution in [0.2, 0.25) is 0 Å². The Kier molecular flexibility index (Phi) is 7.97. The summed E-state index contributed by atoms with van der Waals surface area (Å²) in [6.07, 6.45) is 3.66. The first kappa shape index (κ1) is 32.2. The summed E-state index contributed by atoms with van der Waals surface area (Å²) in [6, 6.07) is 55.3. The molecule has 254 valence electrons. The maximum atomic E-state index is 5.00. The summed E-state index contributed by atoms with van der Waals surface area (Å²) < 4.78 is 2.37. The van der Waals surface area contributed by atoms with Gasteiger partial charge in [-0.2, -0.15) is 0 Å². The van der Waals surface area contributed by atoms with Gasteiger partial charge in [0.2, 0.25) is 0 Å². The van der Waals surface area contributed by atoms with E-state index in [2.05, 4.69) is 152 Å². The molecule has 0 bridgehead atoms. The molecule has 9 aromatic rings. The van der Waals surface area contributed by atoms with E-state index in [-0.39, 0.29) is 5.41 Å². The van der Waals surface area contributed by atoms with Crippen molar-refractivity contribution in [2.75, 3.05) is 0 Å². The van der Waals surface area contributed by atoms with E-state index in [1.165, 1.54) is 27.4 Å². The molecule has 0 fully saturated rings. The Morgan fingerprint density at radius 1 is 0.415 bits per heavy atom. The lowest BCUT2D eigenvalue weighted by molar-refractivity contribution is 0.591. The van der Waals surface area contributed by atoms with E-state index >= 15 is 0 Å². The summed E-state index contributed by atoms with van der Waals surface area (Å²) in [4.78, 5) is 19.2. The van der Waals surface area contributed by atoms with Gasteiger partial charge in [-0.1, -0.05) is 136 Å². The van der Waals surface area contributed by atoms with Gasteiger partial charge in [-0.15, -0.1) is 0 Å². The fraction of sp³-hybridized carbons (Fsp3) is 0.0833. The van der Waals surface area contributed by atoms with Crippen LogP contribution in [0.1, 0.15) is 26.3 Å². The molecule has 0 aliphatic carbocycles. The van der Waals surface area contributed by atoms with Crippen molar-refractivity contribution in [2.45, 2.75) is 26.2 Å². The quantitative estimate of drug-likeness (QED) is 0.175. The number of para-hydroxylation sites is 1. The Hall–Kier alpha value is -6.72. The number of benzene rings is 6. The van der Waals surface area contributed by atoms with Crippen molar-refractivity contribution in [2.24, 2.45) is 0 Å². The summed E-state index contributed by atoms with van der Waals surface area (Å²) in [6.45, 7) is 6.82. The fourth-order valence-corrected chi connectivity index (χ4v) is 7.03. The smallest absolute Gasteiger partial charge is 0.164 e. The third-order valence-electron chi connectivity index (χ3n) is 9.93. The second kappa shape index (κ2) is 13.1. The van der Waals surface area contributed by atoms with E-state index in [9.17, 15) is 0 Å². The van der Waals surface area contributed by atoms with Gasteiger partial charge in [0.05, 0.1) is 11.0 Å². The highest BCUT2D eigenvalue weighted by molar-refractivity contribution is 6.10. The summed E-state index contributed by atoms with van der Waals surface area (Å²) in [5, 5.41) is 2.50. The molecule has 0 radical (unpaired) electrons. The molecule has 3 aromatic heterocycles. The topological polar surface area (TPSA) is 56.5 Å². The molecule has 0 saturated heterocycles. The Balaban J connectivity index is 1.11. The highest BCUT2D eigenvalue weighted by Gasteiger charge is 2.19. The van der Waals surface area contributed by atoms with Crippen molar-refractivity contribution in [1.82, 2.24) is 24.5 Å². The van der Waals surface area contributed by atoms with Gasteiger partial charge in [0.15, 0.2) is 17.5 Å². The second-order valence-electron chi connectivity index (χ2n) is 14.5. The summed E-state index contributed by atoms with van der Waals surface area (Å²) in [7, 11) is 0. The van der Waals surface area contributed by atoms with E-state index in [1.807, 2.05) is 42.6 Å². The Morgan fingerprint density at radius 2 is 0.887 bits per heavy atom. The summed E-state index contributed by atoms with van der Waals surface area (Å²) >= 11 is 0. The van der Waals surface area contributed by atoms with Gasteiger partial charge < -0.3 is 4.57 Å². The molecule has 5 nitrogen and oxygen atoms in total. The number of hydrogen-bond donors (Lipinski definition) is 0. The number of fused-ring (bicyclic) bond motifs is 3. The largest absolute Gasteiger partial charge is 0.309 e. The van der Waals surface area contributed by atoms with Crippen LogP contribution >= 0.6 is 0 Å². The van der Waals surface area contributed by atoms with Gasteiger partial charge in [0, 0.05) is 45.5 Å². The number of nitrogens with zero attached hydrogens (tertiary/aromatic N) is 5. The maximum Gasteiger partial charge on any atom is 0.164 e. The zero-order valence-corrected chi connectivity index (χ0v) is 29.9. The van der Waals surface area contributed by atoms with Crippen LogP contribution in [-0.2, 0) is 5.41 Å². The number of rotatable bonds is 6. The van der Waals surface area contributed by atoms with E-state index in [4.69, 9.17) is 15.0 Å². The van der Waals surface area contributed by atoms with Crippen molar-refractivity contribution in [3.63, 3.8) is 0 Å². The molecule has 6 aromatic carbocycles. The zero-order chi connectivity index (χ0) is 35.9. The van der Waals surface area contributed by atoms with Gasteiger partial charge in [-0.25, -0.2) is 15.0 Å². The third-order valence-corrected chi connectivity index (χ3v) is 9.93. The van der Waals surface area contributed by atoms with Crippen LogP contribution in [0.25, 0.3) is 83.9 Å². The van der Waals surface area contributed by atoms with E-state index in [0.29, 0.717) is 17.5 Å². The molecular weight excluding hydrogens is 647 g/mol. The third kappa shape index (κ3) is 6.17. The number of aromatic nitrogens is 5. The molecule has 53 heavy (non-hydrogen) atoms. The van der Waals surface area contributed by atoms with E-state index < -0.39 is 0 Å². The van der Waals surface area contributed by atoms with Gasteiger partial charge in [0.25, 0.3) is 0 Å². The molecule has 0 spiro atoms. The monoisotopic (exact) mass is 683 g/mol. The Labute approximate surface area is 309 Å². The minimum Gasteiger partial charge on any atom is -0.309 e. The fourth-order valence-electron chi connectivity index (χ4n) is 7.03. The lowest BCUT2D eigenvalue weighted by Gasteiger charge is -2.19. The second-order valence-corrected chi connectivity index (χ2v) is 14.5. The molecule has 3 heterocycles. The first-order valence-corrected chi connectivity index (χ1v) is 18.0. The van der Waals surface area contributed by atoms with Crippen molar-refractivity contribution < 1.29 is 0 Å². The van der Waals surface area contributed by atoms with Crippen molar-refractivity contribution in [3.05, 3.63) is 176 Å². The summed E-state index contributed by atoms with van der Waals surface area (Å²) in [5.74, 6) is 1.90. The van der Waals surface area contributed by atoms with Crippen molar-refractivity contribution in [1.29, 1.82) is 0 Å². The molecular formula is C48H37N5. The van der Waals surface area contributed by atoms with Crippen LogP contribution in [0.5, 0.6) is 0 Å². The molecule has 0 amide bonds. The number of hydrogen-bond acceptors (Lipinski definition) is 4. The van der Waals surface area contributed by atoms with Gasteiger partial charge in [-0.05, 0) is 75.7 Å². The highest BCUT2D eigenvalue weighted by Crippen LogP contribution is 2.38. The van der Waals surface area contributed by atoms with Gasteiger partial charge >= 0.3 is 0 Å². The first-order valence-electron chi connectivity index (χ1n) is 18.0. The minimum absolute atomic E-state index is 0.0431. The van der Waals surface area contributed by atoms with Crippen LogP contribution in [-0.4, -0.2) is 24.5 Å². The zero-order valence-electron chi connectivity index (χ0n) is 29.9. The minimum atomic E-state index is 0.0431. The predicted octanol–water partition coefficient (Wildman–Crippen LogP) is 12.0. The van der Waals surface area contributed by atoms with Crippen molar-refractivity contribution >= 4 is 21.8 Å². The molecule has 0 unspecified atom stereocenters. The number of pyridine rings is 1. The first-order chi connectivity index (χ1) is 25.9. The lowest BCUT2D eigenvalue weighted by atomic mass is 9.86. The molecule has 0 aliphatic rings. The molecule has 0 atom stereocenters. The molecule has 9 rings (SSSR count). The van der Waals surface area contributed by atoms with Crippen LogP contribution in [0.15, 0.2) is 170 Å². The van der Waals surface area contributed by atoms with Gasteiger partial charge in [0.1, 0.15) is 0 Å². The molecule has 0 N–H and O–H groups in total. The summed E-state index contributed by atoms with van der Waals surface area (Å²) in [5.41, 5.74) is 12.2. The van der Waals surface area contributed by atoms with E-state index in [0.717, 1.165) is 44.6 Å². The Bertz CT molecular complexity index is 2710. The molecule has 5 heteroatoms. The lowest BCUT2D eigenvalue weighted by Crippen LogP contribution is -2.10. The van der Waals surface area contributed by atoms with Gasteiger partial charge in [-0.3, -0.25) is 4.98 Å². The van der Waals surface area contributed by atoms with Crippen LogP contribution in [0.4, 0.5) is 0 Å². The average Bonchev–Trinajstić information content (AvgIpc) is 3.54. The molecule has 0 aliphatic heterocycles. The van der Waals surface area contributed by atoms with E-state index in [1.54, 1.807) is 6.20 Å². The highest BCUT2D eigenvalue weighted by atomic mass is 15.0. The van der Waals surface area contributed by atoms with Crippen LogP contribution < -0.4 is 0 Å². The SMILES string of the molecule is CC(C)(C)c1ccc2c(c1)c1cc(-c3ccc(-c4nc(-c5ccccc5)nc(-c5ccc(-c6cccnc6)cc5)n4)cc3)ccc1n2-c1ccccc1. The van der Waals surface area contributed by atoms with Crippen LogP contribution in [0.3, 0.4) is 0 Å². The Morgan fingerprint density at radius 3 is 1.45 bits per heavy atom. The average molecular weight is 684 g/mol.